The second-order valence-corrected chi connectivity index (χ2v) is 3.51. The third-order valence-corrected chi connectivity index (χ3v) is 2.36. The molecule has 1 atom stereocenters. The molecule has 0 spiro atoms. The Balaban J connectivity index is 2.68. The second kappa shape index (κ2) is 6.17. The monoisotopic (exact) mass is 225 g/mol. The number of halogens is 1. The first kappa shape index (κ1) is 12.6. The van der Waals surface area contributed by atoms with Crippen molar-refractivity contribution in [3.63, 3.8) is 0 Å². The molecule has 0 saturated carbocycles. The van der Waals surface area contributed by atoms with Gasteiger partial charge in [0, 0.05) is 12.2 Å². The summed E-state index contributed by atoms with van der Waals surface area (Å²) in [4.78, 5) is 15.3. The number of carbonyl (C=O) groups is 1. The molecule has 1 aromatic rings. The van der Waals surface area contributed by atoms with Gasteiger partial charge in [-0.05, 0) is 25.5 Å². The van der Waals surface area contributed by atoms with E-state index in [4.69, 9.17) is 5.73 Å². The van der Waals surface area contributed by atoms with Crippen LogP contribution in [0.2, 0.25) is 0 Å². The summed E-state index contributed by atoms with van der Waals surface area (Å²) in [7, 11) is 0. The molecule has 1 amide bonds. The Morgan fingerprint density at radius 1 is 1.69 bits per heavy atom. The molecular formula is C11H16FN3O. The maximum absolute atomic E-state index is 13.2. The first-order chi connectivity index (χ1) is 7.69. The molecule has 1 unspecified atom stereocenters. The molecule has 0 aromatic carbocycles. The highest BCUT2D eigenvalue weighted by Gasteiger charge is 2.14. The van der Waals surface area contributed by atoms with Crippen LogP contribution < -0.4 is 11.1 Å². The fraction of sp³-hybridized carbons (Fsp3) is 0.455. The zero-order valence-corrected chi connectivity index (χ0v) is 9.24. The van der Waals surface area contributed by atoms with Gasteiger partial charge in [-0.3, -0.25) is 9.78 Å². The van der Waals surface area contributed by atoms with Crippen LogP contribution in [-0.4, -0.2) is 23.5 Å². The predicted octanol–water partition coefficient (Wildman–Crippen LogP) is 1.08. The van der Waals surface area contributed by atoms with Gasteiger partial charge in [0.15, 0.2) is 5.82 Å². The number of rotatable bonds is 5. The molecule has 0 aliphatic heterocycles. The van der Waals surface area contributed by atoms with E-state index in [0.717, 1.165) is 12.6 Å². The Kier molecular flexibility index (Phi) is 4.85. The summed E-state index contributed by atoms with van der Waals surface area (Å²) in [5.74, 6) is -1.03. The number of hydrogen-bond donors (Lipinski definition) is 2. The molecule has 1 rings (SSSR count). The Hall–Kier alpha value is -1.49. The van der Waals surface area contributed by atoms with Crippen LogP contribution >= 0.6 is 0 Å². The van der Waals surface area contributed by atoms with Crippen LogP contribution in [-0.2, 0) is 0 Å². The first-order valence-electron chi connectivity index (χ1n) is 5.29. The Bertz CT molecular complexity index is 357. The van der Waals surface area contributed by atoms with Gasteiger partial charge in [0.1, 0.15) is 0 Å². The highest BCUT2D eigenvalue weighted by Crippen LogP contribution is 2.06. The van der Waals surface area contributed by atoms with E-state index in [0.29, 0.717) is 13.0 Å². The summed E-state index contributed by atoms with van der Waals surface area (Å²) >= 11 is 0. The molecule has 3 N–H and O–H groups in total. The largest absolute Gasteiger partial charge is 0.349 e. The van der Waals surface area contributed by atoms with E-state index in [1.54, 1.807) is 0 Å². The minimum atomic E-state index is -0.609. The van der Waals surface area contributed by atoms with Crippen molar-refractivity contribution in [3.05, 3.63) is 29.8 Å². The van der Waals surface area contributed by atoms with Crippen LogP contribution in [0.1, 0.15) is 30.1 Å². The predicted molar refractivity (Wildman–Crippen MR) is 59.4 cm³/mol. The molecule has 16 heavy (non-hydrogen) atoms. The van der Waals surface area contributed by atoms with Crippen molar-refractivity contribution in [1.82, 2.24) is 10.3 Å². The van der Waals surface area contributed by atoms with E-state index in [9.17, 15) is 9.18 Å². The van der Waals surface area contributed by atoms with Gasteiger partial charge in [-0.25, -0.2) is 4.39 Å². The number of carbonyl (C=O) groups excluding carboxylic acids is 1. The Morgan fingerprint density at radius 3 is 3.00 bits per heavy atom. The van der Waals surface area contributed by atoms with Crippen molar-refractivity contribution in [3.8, 4) is 0 Å². The van der Waals surface area contributed by atoms with Gasteiger partial charge in [-0.1, -0.05) is 6.92 Å². The molecular weight excluding hydrogens is 209 g/mol. The standard InChI is InChI=1S/C11H16FN3O/c1-2-8(3-5-13)15-11(16)9-4-6-14-7-10(9)12/h4,6-8H,2-3,5,13H2,1H3,(H,15,16). The molecule has 1 heterocycles. The van der Waals surface area contributed by atoms with Gasteiger partial charge in [0.25, 0.3) is 5.91 Å². The zero-order chi connectivity index (χ0) is 12.0. The van der Waals surface area contributed by atoms with E-state index >= 15 is 0 Å². The zero-order valence-electron chi connectivity index (χ0n) is 9.24. The SMILES string of the molecule is CCC(CCN)NC(=O)c1ccncc1F. The van der Waals surface area contributed by atoms with E-state index in [1.165, 1.54) is 12.3 Å². The smallest absolute Gasteiger partial charge is 0.254 e. The molecule has 4 nitrogen and oxygen atoms in total. The van der Waals surface area contributed by atoms with Crippen LogP contribution in [0.4, 0.5) is 4.39 Å². The average molecular weight is 225 g/mol. The second-order valence-electron chi connectivity index (χ2n) is 3.51. The van der Waals surface area contributed by atoms with Crippen molar-refractivity contribution in [2.75, 3.05) is 6.54 Å². The fourth-order valence-corrected chi connectivity index (χ4v) is 1.40. The molecule has 88 valence electrons. The van der Waals surface area contributed by atoms with Crippen molar-refractivity contribution in [2.24, 2.45) is 5.73 Å². The lowest BCUT2D eigenvalue weighted by atomic mass is 10.1. The van der Waals surface area contributed by atoms with Gasteiger partial charge >= 0.3 is 0 Å². The summed E-state index contributed by atoms with van der Waals surface area (Å²) in [6.07, 6.45) is 3.88. The maximum atomic E-state index is 13.2. The topological polar surface area (TPSA) is 68.0 Å². The minimum absolute atomic E-state index is 0.00920. The molecule has 0 radical (unpaired) electrons. The van der Waals surface area contributed by atoms with Gasteiger partial charge in [-0.2, -0.15) is 0 Å². The van der Waals surface area contributed by atoms with Crippen molar-refractivity contribution in [2.45, 2.75) is 25.8 Å². The molecule has 5 heteroatoms. The van der Waals surface area contributed by atoms with E-state index in [-0.39, 0.29) is 11.6 Å². The quantitative estimate of drug-likeness (QED) is 0.787. The highest BCUT2D eigenvalue weighted by atomic mass is 19.1. The summed E-state index contributed by atoms with van der Waals surface area (Å²) in [5.41, 5.74) is 5.43. The lowest BCUT2D eigenvalue weighted by Crippen LogP contribution is -2.36. The van der Waals surface area contributed by atoms with Crippen molar-refractivity contribution < 1.29 is 9.18 Å². The van der Waals surface area contributed by atoms with Crippen molar-refractivity contribution in [1.29, 1.82) is 0 Å². The van der Waals surface area contributed by atoms with E-state index in [2.05, 4.69) is 10.3 Å². The minimum Gasteiger partial charge on any atom is -0.349 e. The first-order valence-corrected chi connectivity index (χ1v) is 5.29. The number of pyridine rings is 1. The lowest BCUT2D eigenvalue weighted by molar-refractivity contribution is 0.0930. The molecule has 0 aliphatic rings. The van der Waals surface area contributed by atoms with Crippen LogP contribution in [0.15, 0.2) is 18.5 Å². The number of hydrogen-bond acceptors (Lipinski definition) is 3. The fourth-order valence-electron chi connectivity index (χ4n) is 1.40. The summed E-state index contributed by atoms with van der Waals surface area (Å²) < 4.78 is 13.2. The van der Waals surface area contributed by atoms with E-state index in [1.807, 2.05) is 6.92 Å². The summed E-state index contributed by atoms with van der Waals surface area (Å²) in [6, 6.07) is 1.35. The summed E-state index contributed by atoms with van der Waals surface area (Å²) in [5, 5.41) is 2.74. The Morgan fingerprint density at radius 2 is 2.44 bits per heavy atom. The molecule has 1 aromatic heterocycles. The highest BCUT2D eigenvalue weighted by molar-refractivity contribution is 5.94. The van der Waals surface area contributed by atoms with Crippen LogP contribution in [0.25, 0.3) is 0 Å². The maximum Gasteiger partial charge on any atom is 0.254 e. The molecule has 0 saturated heterocycles. The number of nitrogens with two attached hydrogens (primary N) is 1. The van der Waals surface area contributed by atoms with Crippen LogP contribution in [0.5, 0.6) is 0 Å². The molecule has 0 aliphatic carbocycles. The number of aromatic nitrogens is 1. The normalized spacial score (nSPS) is 12.2. The van der Waals surface area contributed by atoms with Gasteiger partial charge in [0.05, 0.1) is 11.8 Å². The Labute approximate surface area is 94.1 Å². The van der Waals surface area contributed by atoms with E-state index < -0.39 is 11.7 Å². The van der Waals surface area contributed by atoms with Crippen LogP contribution in [0.3, 0.4) is 0 Å². The van der Waals surface area contributed by atoms with Gasteiger partial charge in [0.2, 0.25) is 0 Å². The lowest BCUT2D eigenvalue weighted by Gasteiger charge is -2.15. The van der Waals surface area contributed by atoms with Gasteiger partial charge in [-0.15, -0.1) is 0 Å². The average Bonchev–Trinajstić information content (AvgIpc) is 2.28. The van der Waals surface area contributed by atoms with Crippen LogP contribution in [0, 0.1) is 5.82 Å². The number of nitrogens with one attached hydrogen (secondary N) is 1. The van der Waals surface area contributed by atoms with Gasteiger partial charge < -0.3 is 11.1 Å². The summed E-state index contributed by atoms with van der Waals surface area (Å²) in [6.45, 7) is 2.45. The number of nitrogens with zero attached hydrogens (tertiary/aromatic N) is 1. The molecule has 0 bridgehead atoms. The third kappa shape index (κ3) is 3.27. The third-order valence-electron chi connectivity index (χ3n) is 2.36. The number of amides is 1. The molecule has 0 fully saturated rings. The van der Waals surface area contributed by atoms with Crippen molar-refractivity contribution >= 4 is 5.91 Å².